The number of hydrogen-bond acceptors (Lipinski definition) is 9. The molecule has 0 radical (unpaired) electrons. The second kappa shape index (κ2) is 33.3. The molecular formula is C71H112O9S3. The fourth-order valence-corrected chi connectivity index (χ4v) is 17.6. The van der Waals surface area contributed by atoms with Crippen LogP contribution < -0.4 is 14.2 Å². The topological polar surface area (TPSA) is 130 Å². The lowest BCUT2D eigenvalue weighted by Crippen LogP contribution is -2.26. The molecule has 0 amide bonds. The molecule has 0 saturated heterocycles. The van der Waals surface area contributed by atoms with E-state index in [0.717, 1.165) is 105 Å². The summed E-state index contributed by atoms with van der Waals surface area (Å²) in [5, 5.41) is -0.724. The zero-order valence-electron chi connectivity index (χ0n) is 52.7. The van der Waals surface area contributed by atoms with Crippen molar-refractivity contribution in [1.82, 2.24) is 0 Å². The molecule has 12 heteroatoms. The highest BCUT2D eigenvalue weighted by atomic mass is 32.2. The highest BCUT2D eigenvalue weighted by Crippen LogP contribution is 2.37. The quantitative estimate of drug-likeness (QED) is 0.0814. The van der Waals surface area contributed by atoms with Crippen molar-refractivity contribution in [2.24, 2.45) is 41.4 Å². The van der Waals surface area contributed by atoms with Crippen LogP contribution in [0.3, 0.4) is 0 Å². The lowest BCUT2D eigenvalue weighted by molar-refractivity contribution is 0.154. The van der Waals surface area contributed by atoms with E-state index in [2.05, 4.69) is 73.7 Å². The molecule has 6 aliphatic carbocycles. The molecular weight excluding hydrogens is 1090 g/mol. The summed E-state index contributed by atoms with van der Waals surface area (Å²) in [5.41, 5.74) is 5.52. The molecule has 3 aromatic rings. The van der Waals surface area contributed by atoms with Crippen LogP contribution in [0.5, 0.6) is 17.2 Å². The highest BCUT2D eigenvalue weighted by Gasteiger charge is 2.31. The molecule has 0 heterocycles. The van der Waals surface area contributed by atoms with Crippen molar-refractivity contribution in [3.8, 4) is 17.2 Å². The fourth-order valence-electron chi connectivity index (χ4n) is 13.5. The summed E-state index contributed by atoms with van der Waals surface area (Å²) in [5.74, 6) is 8.36. The van der Waals surface area contributed by atoms with Crippen LogP contribution in [0.1, 0.15) is 237 Å². The van der Waals surface area contributed by atoms with Gasteiger partial charge in [-0.15, -0.1) is 0 Å². The normalized spacial score (nSPS) is 24.1. The van der Waals surface area contributed by atoms with Crippen molar-refractivity contribution in [1.29, 1.82) is 0 Å². The molecule has 0 bridgehead atoms. The van der Waals surface area contributed by atoms with Gasteiger partial charge in [-0.25, -0.2) is 25.3 Å². The second-order valence-electron chi connectivity index (χ2n) is 27.8. The van der Waals surface area contributed by atoms with Crippen LogP contribution in [-0.2, 0) is 48.8 Å². The number of hydrogen-bond donors (Lipinski definition) is 0. The first-order valence-electron chi connectivity index (χ1n) is 33.6. The first-order chi connectivity index (χ1) is 39.7. The number of sulfone groups is 3. The van der Waals surface area contributed by atoms with Gasteiger partial charge < -0.3 is 14.2 Å². The summed E-state index contributed by atoms with van der Waals surface area (Å²) in [6.45, 7) is 13.8. The van der Waals surface area contributed by atoms with E-state index in [1.807, 2.05) is 0 Å². The molecule has 0 spiro atoms. The van der Waals surface area contributed by atoms with Crippen LogP contribution in [0.4, 0.5) is 0 Å². The monoisotopic (exact) mass is 1200 g/mol. The second-order valence-corrected chi connectivity index (χ2v) is 35.6. The Balaban J connectivity index is 0.000000179. The summed E-state index contributed by atoms with van der Waals surface area (Å²) in [7, 11) is -8.70. The lowest BCUT2D eigenvalue weighted by atomic mass is 9.80. The van der Waals surface area contributed by atoms with E-state index < -0.39 is 29.5 Å². The third kappa shape index (κ3) is 23.8. The van der Waals surface area contributed by atoms with Gasteiger partial charge in [0.05, 0.1) is 51.8 Å². The summed E-state index contributed by atoms with van der Waals surface area (Å²) in [6.07, 6.45) is 36.6. The Morgan fingerprint density at radius 2 is 0.771 bits per heavy atom. The van der Waals surface area contributed by atoms with E-state index in [4.69, 9.17) is 14.2 Å². The molecule has 83 heavy (non-hydrogen) atoms. The molecule has 3 aromatic carbocycles. The van der Waals surface area contributed by atoms with E-state index in [9.17, 15) is 25.3 Å². The number of benzene rings is 3. The molecule has 9 rings (SSSR count). The van der Waals surface area contributed by atoms with Crippen LogP contribution >= 0.6 is 0 Å². The molecule has 6 fully saturated rings. The average molecular weight is 1210 g/mol. The molecule has 0 aromatic heterocycles. The van der Waals surface area contributed by atoms with Crippen LogP contribution in [0, 0.1) is 48.3 Å². The Morgan fingerprint density at radius 3 is 1.19 bits per heavy atom. The van der Waals surface area contributed by atoms with Gasteiger partial charge in [-0.3, -0.25) is 0 Å². The molecule has 0 aliphatic heterocycles. The lowest BCUT2D eigenvalue weighted by Gasteiger charge is -2.29. The van der Waals surface area contributed by atoms with E-state index in [1.54, 1.807) is 41.5 Å². The van der Waals surface area contributed by atoms with Crippen LogP contribution in [0.15, 0.2) is 66.7 Å². The van der Waals surface area contributed by atoms with Gasteiger partial charge in [-0.1, -0.05) is 81.7 Å². The maximum atomic E-state index is 12.2. The van der Waals surface area contributed by atoms with Gasteiger partial charge in [0.2, 0.25) is 0 Å². The van der Waals surface area contributed by atoms with Gasteiger partial charge in [-0.05, 0) is 290 Å². The average Bonchev–Trinajstić information content (AvgIpc) is 4.33. The third-order valence-corrected chi connectivity index (χ3v) is 27.1. The first-order valence-corrected chi connectivity index (χ1v) is 38.7. The smallest absolute Gasteiger partial charge is 0.152 e. The largest absolute Gasteiger partial charge is 0.493 e. The van der Waals surface area contributed by atoms with E-state index >= 15 is 0 Å². The van der Waals surface area contributed by atoms with Crippen molar-refractivity contribution in [2.45, 2.75) is 269 Å². The number of rotatable bonds is 25. The van der Waals surface area contributed by atoms with Crippen molar-refractivity contribution >= 4 is 29.5 Å². The van der Waals surface area contributed by atoms with Gasteiger partial charge >= 0.3 is 0 Å². The standard InChI is InChI=1S/2C24H38O3S.C23H36O3S/c1-19(2)28(25,26)18-22-15-12-20(13-16-22)11-14-21-7-6-10-24(17-21)27-23-8-4-3-5-9-23;1-19(2)28(25,26)18-22-12-10-20(11-13-22)8-9-21-14-16-24(17-15-21)27-23-6-4-3-5-7-23;1-17(2)27(24,25)16-21-8-4-19(5-9-21)10-11-22-12-13-23(14-18(22)3)26-15-20-6-7-20/h6-7,10,17,19-20,22-23H,3-5,8-9,11-16,18H2,1-2H3;14-17,19-20,22-23H,3-13,18H2,1-2H3;12-14,17,19-21H,4-11,15-16H2,1-3H3. The van der Waals surface area contributed by atoms with Crippen LogP contribution in [0.25, 0.3) is 0 Å². The Bertz CT molecular complexity index is 2680. The molecule has 6 aliphatic rings. The summed E-state index contributed by atoms with van der Waals surface area (Å²) >= 11 is 0. The van der Waals surface area contributed by atoms with E-state index in [0.29, 0.717) is 47.2 Å². The molecule has 0 N–H and O–H groups in total. The van der Waals surface area contributed by atoms with E-state index in [1.165, 1.54) is 157 Å². The molecule has 0 unspecified atom stereocenters. The summed E-state index contributed by atoms with van der Waals surface area (Å²) in [4.78, 5) is 0. The van der Waals surface area contributed by atoms with Crippen molar-refractivity contribution in [3.63, 3.8) is 0 Å². The number of aryl methyl sites for hydroxylation is 4. The zero-order valence-corrected chi connectivity index (χ0v) is 55.2. The highest BCUT2D eigenvalue weighted by molar-refractivity contribution is 7.92. The number of ether oxygens (including phenoxy) is 3. The Labute approximate surface area is 506 Å². The van der Waals surface area contributed by atoms with Gasteiger partial charge in [-0.2, -0.15) is 0 Å². The van der Waals surface area contributed by atoms with Gasteiger partial charge in [0.25, 0.3) is 0 Å². The molecule has 0 atom stereocenters. The Hall–Kier alpha value is -3.09. The van der Waals surface area contributed by atoms with Crippen molar-refractivity contribution in [2.75, 3.05) is 23.9 Å². The predicted octanol–water partition coefficient (Wildman–Crippen LogP) is 17.3. The van der Waals surface area contributed by atoms with Crippen molar-refractivity contribution in [3.05, 3.63) is 89.0 Å². The first kappa shape index (κ1) is 67.4. The maximum Gasteiger partial charge on any atom is 0.152 e. The minimum absolute atomic E-state index is 0.240. The zero-order chi connectivity index (χ0) is 59.4. The molecule has 468 valence electrons. The van der Waals surface area contributed by atoms with Crippen LogP contribution in [0.2, 0.25) is 0 Å². The molecule has 6 saturated carbocycles. The van der Waals surface area contributed by atoms with Gasteiger partial charge in [0.15, 0.2) is 29.5 Å². The van der Waals surface area contributed by atoms with E-state index in [-0.39, 0.29) is 15.7 Å². The van der Waals surface area contributed by atoms with Crippen LogP contribution in [-0.4, -0.2) is 77.1 Å². The fraction of sp³-hybridized carbons (Fsp3) is 0.746. The molecule has 9 nitrogen and oxygen atoms in total. The summed E-state index contributed by atoms with van der Waals surface area (Å²) in [6, 6.07) is 23.9. The minimum atomic E-state index is -2.90. The van der Waals surface area contributed by atoms with Gasteiger partial charge in [0, 0.05) is 0 Å². The van der Waals surface area contributed by atoms with Gasteiger partial charge in [0.1, 0.15) is 17.2 Å². The Kier molecular flexibility index (Phi) is 27.1. The third-order valence-electron chi connectivity index (χ3n) is 20.0. The maximum absolute atomic E-state index is 12.2. The minimum Gasteiger partial charge on any atom is -0.493 e. The van der Waals surface area contributed by atoms with Crippen molar-refractivity contribution < 1.29 is 39.5 Å². The predicted molar refractivity (Wildman–Crippen MR) is 345 cm³/mol. The SMILES string of the molecule is CC(C)S(=O)(=O)CC1CCC(CCc2ccc(OC3CCCCC3)cc2)CC1.CC(C)S(=O)(=O)CC1CCC(CCc2cccc(OC3CCCCC3)c2)CC1.Cc1cc(OCC2CC2)ccc1CCC1CCC(CS(=O)(=O)C(C)C)CC1. The summed E-state index contributed by atoms with van der Waals surface area (Å²) < 4.78 is 91.1. The Morgan fingerprint density at radius 1 is 0.386 bits per heavy atom.